The van der Waals surface area contributed by atoms with Crippen molar-refractivity contribution in [3.05, 3.63) is 51.9 Å². The molecule has 8 nitrogen and oxygen atoms in total. The van der Waals surface area contributed by atoms with E-state index in [1.54, 1.807) is 13.2 Å². The molecule has 8 heteroatoms. The van der Waals surface area contributed by atoms with E-state index in [9.17, 15) is 4.79 Å². The Labute approximate surface area is 163 Å². The van der Waals surface area contributed by atoms with Crippen LogP contribution < -0.4 is 15.6 Å². The Morgan fingerprint density at radius 2 is 2.07 bits per heavy atom. The summed E-state index contributed by atoms with van der Waals surface area (Å²) in [5.74, 6) is 1.73. The first kappa shape index (κ1) is 18.5. The Morgan fingerprint density at radius 1 is 1.25 bits per heavy atom. The number of hydrogen-bond donors (Lipinski definition) is 2. The molecule has 1 saturated heterocycles. The number of nitrogens with one attached hydrogen (secondary N) is 2. The highest BCUT2D eigenvalue weighted by Crippen LogP contribution is 2.18. The second-order valence-electron chi connectivity index (χ2n) is 7.31. The molecule has 4 rings (SSSR count). The maximum absolute atomic E-state index is 12.5. The van der Waals surface area contributed by atoms with Gasteiger partial charge in [0.1, 0.15) is 5.75 Å². The average molecular weight is 382 g/mol. The molecule has 3 heterocycles. The van der Waals surface area contributed by atoms with Gasteiger partial charge in [0, 0.05) is 25.2 Å². The maximum atomic E-state index is 12.5. The number of nitrogens with zero attached hydrogens (tertiary/aromatic N) is 4. The van der Waals surface area contributed by atoms with Gasteiger partial charge in [0.05, 0.1) is 12.8 Å². The molecule has 0 radical (unpaired) electrons. The largest absolute Gasteiger partial charge is 0.497 e. The number of aromatic nitrogens is 4. The van der Waals surface area contributed by atoms with Crippen LogP contribution in [-0.2, 0) is 13.1 Å². The SMILES string of the molecule is COc1ccc(CNc2nc3nc(CN4CCCC[C@H]4C)cc(=O)n3[nH]2)cc1. The van der Waals surface area contributed by atoms with Crippen molar-refractivity contribution in [2.75, 3.05) is 19.0 Å². The quantitative estimate of drug-likeness (QED) is 0.681. The number of aromatic amines is 1. The number of H-pyrrole nitrogens is 1. The van der Waals surface area contributed by atoms with Crippen molar-refractivity contribution in [3.63, 3.8) is 0 Å². The smallest absolute Gasteiger partial charge is 0.274 e. The van der Waals surface area contributed by atoms with Gasteiger partial charge in [-0.3, -0.25) is 14.8 Å². The highest BCUT2D eigenvalue weighted by molar-refractivity contribution is 5.38. The van der Waals surface area contributed by atoms with E-state index in [-0.39, 0.29) is 5.56 Å². The molecule has 1 aromatic carbocycles. The fourth-order valence-corrected chi connectivity index (χ4v) is 3.62. The first-order chi connectivity index (χ1) is 13.6. The van der Waals surface area contributed by atoms with E-state index >= 15 is 0 Å². The molecule has 28 heavy (non-hydrogen) atoms. The zero-order chi connectivity index (χ0) is 19.5. The zero-order valence-corrected chi connectivity index (χ0v) is 16.3. The highest BCUT2D eigenvalue weighted by atomic mass is 16.5. The molecular weight excluding hydrogens is 356 g/mol. The van der Waals surface area contributed by atoms with Crippen LogP contribution in [-0.4, -0.2) is 44.2 Å². The summed E-state index contributed by atoms with van der Waals surface area (Å²) in [6.45, 7) is 4.56. The van der Waals surface area contributed by atoms with Crippen LogP contribution in [0.4, 0.5) is 5.95 Å². The second kappa shape index (κ2) is 8.02. The molecule has 0 bridgehead atoms. The van der Waals surface area contributed by atoms with Gasteiger partial charge < -0.3 is 10.1 Å². The number of likely N-dealkylation sites (tertiary alicyclic amines) is 1. The van der Waals surface area contributed by atoms with Gasteiger partial charge in [-0.25, -0.2) is 4.98 Å². The minimum Gasteiger partial charge on any atom is -0.497 e. The van der Waals surface area contributed by atoms with Crippen LogP contribution in [0.15, 0.2) is 35.1 Å². The standard InChI is InChI=1S/C20H26N6O2/c1-14-5-3-4-10-25(14)13-16-11-18(27)26-20(22-16)23-19(24-26)21-12-15-6-8-17(28-2)9-7-15/h6-9,11,14H,3-5,10,12-13H2,1-2H3,(H2,21,22,23,24)/t14-/m1/s1. The highest BCUT2D eigenvalue weighted by Gasteiger charge is 2.19. The monoisotopic (exact) mass is 382 g/mol. The Kier molecular flexibility index (Phi) is 5.29. The second-order valence-corrected chi connectivity index (χ2v) is 7.31. The van der Waals surface area contributed by atoms with Gasteiger partial charge in [-0.1, -0.05) is 18.6 Å². The van der Waals surface area contributed by atoms with Crippen LogP contribution in [0.2, 0.25) is 0 Å². The molecule has 1 aliphatic rings. The summed E-state index contributed by atoms with van der Waals surface area (Å²) in [7, 11) is 1.65. The van der Waals surface area contributed by atoms with E-state index in [4.69, 9.17) is 4.74 Å². The van der Waals surface area contributed by atoms with Gasteiger partial charge in [0.2, 0.25) is 5.95 Å². The van der Waals surface area contributed by atoms with Crippen molar-refractivity contribution in [2.45, 2.75) is 45.3 Å². The van der Waals surface area contributed by atoms with Gasteiger partial charge >= 0.3 is 0 Å². The summed E-state index contributed by atoms with van der Waals surface area (Å²) in [5, 5.41) is 6.18. The molecule has 0 unspecified atom stereocenters. The van der Waals surface area contributed by atoms with E-state index in [2.05, 4.69) is 32.2 Å². The van der Waals surface area contributed by atoms with E-state index in [1.165, 1.54) is 23.8 Å². The molecule has 148 valence electrons. The third kappa shape index (κ3) is 4.01. The minimum atomic E-state index is -0.144. The topological polar surface area (TPSA) is 87.5 Å². The van der Waals surface area contributed by atoms with Crippen LogP contribution >= 0.6 is 0 Å². The fraction of sp³-hybridized carbons (Fsp3) is 0.450. The maximum Gasteiger partial charge on any atom is 0.274 e. The summed E-state index contributed by atoms with van der Waals surface area (Å²) in [6, 6.07) is 9.91. The van der Waals surface area contributed by atoms with Gasteiger partial charge in [-0.2, -0.15) is 9.50 Å². The molecular formula is C20H26N6O2. The third-order valence-electron chi connectivity index (χ3n) is 5.31. The molecule has 0 amide bonds. The molecule has 1 atom stereocenters. The number of rotatable bonds is 6. The Morgan fingerprint density at radius 3 is 2.82 bits per heavy atom. The van der Waals surface area contributed by atoms with Gasteiger partial charge in [-0.05, 0) is 44.0 Å². The van der Waals surface area contributed by atoms with Gasteiger partial charge in [0.25, 0.3) is 11.3 Å². The normalized spacial score (nSPS) is 17.7. The molecule has 0 aliphatic carbocycles. The predicted molar refractivity (Wildman–Crippen MR) is 108 cm³/mol. The molecule has 0 spiro atoms. The summed E-state index contributed by atoms with van der Waals surface area (Å²) in [6.07, 6.45) is 3.67. The van der Waals surface area contributed by atoms with Crippen molar-refractivity contribution in [1.29, 1.82) is 0 Å². The van der Waals surface area contributed by atoms with Crippen LogP contribution in [0.5, 0.6) is 5.75 Å². The van der Waals surface area contributed by atoms with E-state index < -0.39 is 0 Å². The number of fused-ring (bicyclic) bond motifs is 1. The Hall–Kier alpha value is -2.87. The third-order valence-corrected chi connectivity index (χ3v) is 5.31. The first-order valence-electron chi connectivity index (χ1n) is 9.72. The van der Waals surface area contributed by atoms with E-state index in [1.807, 2.05) is 24.3 Å². The number of piperidine rings is 1. The molecule has 1 fully saturated rings. The Bertz CT molecular complexity index is 994. The lowest BCUT2D eigenvalue weighted by Crippen LogP contribution is -2.37. The lowest BCUT2D eigenvalue weighted by molar-refractivity contribution is 0.151. The van der Waals surface area contributed by atoms with E-state index in [0.717, 1.165) is 23.6 Å². The number of methoxy groups -OCH3 is 1. The molecule has 3 aromatic rings. The van der Waals surface area contributed by atoms with Crippen LogP contribution in [0.25, 0.3) is 5.78 Å². The average Bonchev–Trinajstić information content (AvgIpc) is 3.12. The number of benzene rings is 1. The number of hydrogen-bond acceptors (Lipinski definition) is 6. The van der Waals surface area contributed by atoms with Crippen molar-refractivity contribution < 1.29 is 4.74 Å². The predicted octanol–water partition coefficient (Wildman–Crippen LogP) is 2.41. The fourth-order valence-electron chi connectivity index (χ4n) is 3.62. The molecule has 1 aliphatic heterocycles. The van der Waals surface area contributed by atoms with E-state index in [0.29, 0.717) is 30.9 Å². The van der Waals surface area contributed by atoms with Gasteiger partial charge in [-0.15, -0.1) is 0 Å². The summed E-state index contributed by atoms with van der Waals surface area (Å²) < 4.78 is 6.54. The summed E-state index contributed by atoms with van der Waals surface area (Å²) >= 11 is 0. The van der Waals surface area contributed by atoms with Crippen molar-refractivity contribution in [1.82, 2.24) is 24.5 Å². The molecule has 2 aromatic heterocycles. The minimum absolute atomic E-state index is 0.144. The van der Waals surface area contributed by atoms with Gasteiger partial charge in [0.15, 0.2) is 0 Å². The van der Waals surface area contributed by atoms with Crippen LogP contribution in [0.3, 0.4) is 0 Å². The molecule has 2 N–H and O–H groups in total. The Balaban J connectivity index is 1.48. The number of ether oxygens (including phenoxy) is 1. The number of anilines is 1. The summed E-state index contributed by atoms with van der Waals surface area (Å²) in [5.41, 5.74) is 1.71. The van der Waals surface area contributed by atoms with Crippen molar-refractivity contribution in [2.24, 2.45) is 0 Å². The molecule has 0 saturated carbocycles. The first-order valence-corrected chi connectivity index (χ1v) is 9.72. The van der Waals surface area contributed by atoms with Crippen LogP contribution in [0, 0.1) is 0 Å². The van der Waals surface area contributed by atoms with Crippen molar-refractivity contribution in [3.8, 4) is 5.75 Å². The zero-order valence-electron chi connectivity index (χ0n) is 16.3. The lowest BCUT2D eigenvalue weighted by atomic mass is 10.0. The van der Waals surface area contributed by atoms with Crippen LogP contribution in [0.1, 0.15) is 37.4 Å². The summed E-state index contributed by atoms with van der Waals surface area (Å²) in [4.78, 5) is 23.9. The lowest BCUT2D eigenvalue weighted by Gasteiger charge is -2.32. The van der Waals surface area contributed by atoms with Crippen molar-refractivity contribution >= 4 is 11.7 Å².